The van der Waals surface area contributed by atoms with Crippen LogP contribution in [0.3, 0.4) is 0 Å². The molecule has 2 aromatic rings. The number of hydrogen-bond donors (Lipinski definition) is 6. The molecular formula is C31H49ClN4O4S. The van der Waals surface area contributed by atoms with Gasteiger partial charge in [0.15, 0.2) is 0 Å². The first-order valence-corrected chi connectivity index (χ1v) is 16.4. The first-order chi connectivity index (χ1) is 19.1. The molecule has 1 saturated heterocycles. The maximum atomic E-state index is 13.7. The van der Waals surface area contributed by atoms with E-state index in [1.54, 1.807) is 16.4 Å². The van der Waals surface area contributed by atoms with Crippen LogP contribution in [-0.2, 0) is 6.42 Å². The number of aliphatic hydroxyl groups is 1. The van der Waals surface area contributed by atoms with Crippen molar-refractivity contribution >= 4 is 40.5 Å². The topological polar surface area (TPSA) is 117 Å². The molecule has 41 heavy (non-hydrogen) atoms. The first kappa shape index (κ1) is 33.5. The van der Waals surface area contributed by atoms with Gasteiger partial charge in [0.05, 0.1) is 23.6 Å². The Morgan fingerprint density at radius 1 is 1.10 bits per heavy atom. The van der Waals surface area contributed by atoms with Crippen LogP contribution in [0.5, 0.6) is 0 Å². The molecule has 0 spiro atoms. The van der Waals surface area contributed by atoms with E-state index in [2.05, 4.69) is 29.8 Å². The quantitative estimate of drug-likeness (QED) is 0.183. The van der Waals surface area contributed by atoms with Crippen molar-refractivity contribution in [1.82, 2.24) is 10.6 Å². The number of benzene rings is 2. The van der Waals surface area contributed by atoms with Crippen LogP contribution in [0.2, 0.25) is 0 Å². The van der Waals surface area contributed by atoms with Gasteiger partial charge in [0.2, 0.25) is 0 Å². The number of hydrogen-bond acceptors (Lipinski definition) is 7. The first-order valence-electron chi connectivity index (χ1n) is 14.7. The molecule has 230 valence electrons. The lowest BCUT2D eigenvalue weighted by Gasteiger charge is -2.47. The van der Waals surface area contributed by atoms with Crippen LogP contribution in [0.1, 0.15) is 75.2 Å². The van der Waals surface area contributed by atoms with Gasteiger partial charge in [0, 0.05) is 36.9 Å². The highest BCUT2D eigenvalue weighted by molar-refractivity contribution is 8.25. The Morgan fingerprint density at radius 3 is 2.46 bits per heavy atom. The lowest BCUT2D eigenvalue weighted by atomic mass is 9.75. The number of halogens is 1. The summed E-state index contributed by atoms with van der Waals surface area (Å²) in [6, 6.07) is 15.2. The van der Waals surface area contributed by atoms with Gasteiger partial charge < -0.3 is 21.1 Å². The molecule has 6 N–H and O–H groups in total. The molecule has 0 radical (unpaired) electrons. The summed E-state index contributed by atoms with van der Waals surface area (Å²) in [6.45, 7) is 8.20. The lowest BCUT2D eigenvalue weighted by Crippen LogP contribution is -2.50. The number of carbonyl (C=O) groups excluding carboxylic acids is 1. The maximum Gasteiger partial charge on any atom is 0.251 e. The van der Waals surface area contributed by atoms with Crippen LogP contribution in [-0.4, -0.2) is 63.7 Å². The number of amides is 1. The summed E-state index contributed by atoms with van der Waals surface area (Å²) in [7, 11) is -2.93. The Kier molecular flexibility index (Phi) is 12.2. The summed E-state index contributed by atoms with van der Waals surface area (Å²) in [5.41, 5.74) is 3.19. The summed E-state index contributed by atoms with van der Waals surface area (Å²) in [6.07, 6.45) is 5.86. The van der Waals surface area contributed by atoms with E-state index in [-0.39, 0.29) is 18.3 Å². The van der Waals surface area contributed by atoms with E-state index >= 15 is 0 Å². The third kappa shape index (κ3) is 9.49. The van der Waals surface area contributed by atoms with Crippen molar-refractivity contribution in [2.24, 2.45) is 5.41 Å². The molecule has 1 saturated carbocycles. The Balaban J connectivity index is 0.00000462. The van der Waals surface area contributed by atoms with Gasteiger partial charge >= 0.3 is 0 Å². The average Bonchev–Trinajstić information content (AvgIpc) is 2.92. The van der Waals surface area contributed by atoms with Gasteiger partial charge in [0.1, 0.15) is 0 Å². The molecule has 1 heterocycles. The number of aliphatic hydroxyl groups excluding tert-OH is 1. The molecule has 2 aromatic carbocycles. The van der Waals surface area contributed by atoms with E-state index < -0.39 is 22.9 Å². The van der Waals surface area contributed by atoms with Crippen molar-refractivity contribution < 1.29 is 19.0 Å². The normalized spacial score (nSPS) is 20.8. The largest absolute Gasteiger partial charge is 0.390 e. The van der Waals surface area contributed by atoms with Gasteiger partial charge in [-0.25, -0.2) is 0 Å². The fourth-order valence-corrected chi connectivity index (χ4v) is 7.41. The van der Waals surface area contributed by atoms with Crippen LogP contribution in [0.4, 0.5) is 11.4 Å². The summed E-state index contributed by atoms with van der Waals surface area (Å²) in [4.78, 5) is 13.7. The highest BCUT2D eigenvalue weighted by Gasteiger charge is 2.30. The van der Waals surface area contributed by atoms with Crippen molar-refractivity contribution in [2.45, 2.75) is 83.9 Å². The summed E-state index contributed by atoms with van der Waals surface area (Å²) in [5.74, 6) is 0.0328. The Labute approximate surface area is 253 Å². The third-order valence-corrected chi connectivity index (χ3v) is 10.2. The monoisotopic (exact) mass is 608 g/mol. The van der Waals surface area contributed by atoms with Crippen LogP contribution >= 0.6 is 23.2 Å². The third-order valence-electron chi connectivity index (χ3n) is 8.27. The fourth-order valence-electron chi connectivity index (χ4n) is 5.73. The summed E-state index contributed by atoms with van der Waals surface area (Å²) in [5, 5.41) is 21.2. The van der Waals surface area contributed by atoms with Gasteiger partial charge in [-0.15, -0.1) is 23.2 Å². The van der Waals surface area contributed by atoms with Crippen LogP contribution < -0.4 is 20.3 Å². The highest BCUT2D eigenvalue weighted by atomic mass is 35.5. The minimum Gasteiger partial charge on any atom is -0.390 e. The van der Waals surface area contributed by atoms with Crippen LogP contribution in [0.15, 0.2) is 48.5 Å². The Bertz CT molecular complexity index is 1110. The second kappa shape index (κ2) is 14.9. The molecule has 8 nitrogen and oxygen atoms in total. The molecular weight excluding hydrogens is 560 g/mol. The molecule has 4 rings (SSSR count). The summed E-state index contributed by atoms with van der Waals surface area (Å²) < 4.78 is 23.1. The maximum absolute atomic E-state index is 13.7. The molecule has 0 unspecified atom stereocenters. The molecule has 2 atom stereocenters. The molecule has 0 aromatic heterocycles. The van der Waals surface area contributed by atoms with Crippen molar-refractivity contribution in [2.75, 3.05) is 35.0 Å². The zero-order valence-electron chi connectivity index (χ0n) is 24.6. The minimum atomic E-state index is -2.93. The molecule has 1 amide bonds. The molecule has 2 fully saturated rings. The fraction of sp³-hybridized carbons (Fsp3) is 0.581. The zero-order valence-corrected chi connectivity index (χ0v) is 26.3. The van der Waals surface area contributed by atoms with Gasteiger partial charge in [-0.1, -0.05) is 44.2 Å². The van der Waals surface area contributed by atoms with Gasteiger partial charge in [-0.05, 0) is 81.0 Å². The lowest BCUT2D eigenvalue weighted by molar-refractivity contribution is 0.0813. The Morgan fingerprint density at radius 2 is 1.80 bits per heavy atom. The number of rotatable bonds is 11. The predicted molar refractivity (Wildman–Crippen MR) is 174 cm³/mol. The van der Waals surface area contributed by atoms with Crippen LogP contribution in [0, 0.1) is 5.41 Å². The standard InChI is InChI=1S/C31H48N4O4S.ClH/c1-4-32-26-19-24(20-27(21-26)35-16-8-9-17-40(35,38)39)30(37)34-28(18-23-10-6-5-7-11-23)29(36)22-33-25-12-14-31(2,3)15-13-25;/h5-7,10-11,19-21,25,28-29,32-33,36,38-39H,4,8-9,12-18,22H2,1-3H3,(H,34,37);1H/t28-,29+;/m0./s1. The number of nitrogens with one attached hydrogen (secondary N) is 3. The number of anilines is 2. The van der Waals surface area contributed by atoms with E-state index in [1.807, 2.05) is 43.3 Å². The van der Waals surface area contributed by atoms with Crippen LogP contribution in [0.25, 0.3) is 0 Å². The molecule has 1 aliphatic carbocycles. The SMILES string of the molecule is CCNc1cc(C(=O)N[C@@H](Cc2ccccc2)[C@H](O)CNC2CCC(C)(C)CC2)cc(N2CCCCS2(O)O)c1.Cl. The predicted octanol–water partition coefficient (Wildman–Crippen LogP) is 6.07. The number of carbonyl (C=O) groups is 1. The van der Waals surface area contributed by atoms with Crippen molar-refractivity contribution in [1.29, 1.82) is 0 Å². The second-order valence-electron chi connectivity index (χ2n) is 12.1. The smallest absolute Gasteiger partial charge is 0.251 e. The Hall–Kier alpha value is -2.01. The average molecular weight is 609 g/mol. The molecule has 10 heteroatoms. The van der Waals surface area contributed by atoms with Crippen molar-refractivity contribution in [3.63, 3.8) is 0 Å². The number of nitrogens with zero attached hydrogens (tertiary/aromatic N) is 1. The van der Waals surface area contributed by atoms with E-state index in [1.165, 1.54) is 0 Å². The molecule has 2 aliphatic rings. The second-order valence-corrected chi connectivity index (χ2v) is 14.2. The van der Waals surface area contributed by atoms with E-state index in [0.717, 1.165) is 49.8 Å². The summed E-state index contributed by atoms with van der Waals surface area (Å²) >= 11 is 0. The zero-order chi connectivity index (χ0) is 28.8. The van der Waals surface area contributed by atoms with Gasteiger partial charge in [-0.3, -0.25) is 18.2 Å². The molecule has 1 aliphatic heterocycles. The van der Waals surface area contributed by atoms with Gasteiger partial charge in [0.25, 0.3) is 5.91 Å². The van der Waals surface area contributed by atoms with E-state index in [4.69, 9.17) is 0 Å². The minimum absolute atomic E-state index is 0. The van der Waals surface area contributed by atoms with E-state index in [9.17, 15) is 19.0 Å². The molecule has 0 bridgehead atoms. The van der Waals surface area contributed by atoms with E-state index in [0.29, 0.717) is 54.5 Å². The highest BCUT2D eigenvalue weighted by Crippen LogP contribution is 2.50. The van der Waals surface area contributed by atoms with Gasteiger partial charge in [-0.2, -0.15) is 0 Å². The van der Waals surface area contributed by atoms with Crippen molar-refractivity contribution in [3.05, 3.63) is 59.7 Å². The van der Waals surface area contributed by atoms with Crippen molar-refractivity contribution in [3.8, 4) is 0 Å².